The first-order valence-electron chi connectivity index (χ1n) is 7.35. The number of rotatable bonds is 3. The number of hydrogen-bond donors (Lipinski definition) is 0. The molecule has 8 nitrogen and oxygen atoms in total. The molecule has 0 radical (unpaired) electrons. The Labute approximate surface area is 129 Å². The van der Waals surface area contributed by atoms with Crippen LogP contribution in [0, 0.1) is 0 Å². The molecule has 1 aromatic heterocycles. The van der Waals surface area contributed by atoms with E-state index in [1.165, 1.54) is 9.37 Å². The summed E-state index contributed by atoms with van der Waals surface area (Å²) < 4.78 is 28.0. The monoisotopic (exact) mass is 328 g/mol. The summed E-state index contributed by atoms with van der Waals surface area (Å²) in [6.07, 6.45) is 3.98. The van der Waals surface area contributed by atoms with E-state index >= 15 is 0 Å². The second-order valence-corrected chi connectivity index (χ2v) is 8.31. The van der Waals surface area contributed by atoms with Gasteiger partial charge in [-0.25, -0.2) is 18.5 Å². The molecule has 3 heterocycles. The van der Waals surface area contributed by atoms with Crippen LogP contribution in [0.1, 0.15) is 32.0 Å². The lowest BCUT2D eigenvalue weighted by molar-refractivity contribution is -0.173. The average molecular weight is 328 g/mol. The van der Waals surface area contributed by atoms with Crippen molar-refractivity contribution in [1.82, 2.24) is 18.9 Å². The first-order valence-corrected chi connectivity index (χ1v) is 8.85. The van der Waals surface area contributed by atoms with Crippen molar-refractivity contribution in [3.63, 3.8) is 0 Å². The van der Waals surface area contributed by atoms with Crippen molar-refractivity contribution in [2.24, 2.45) is 0 Å². The predicted octanol–water partition coefficient (Wildman–Crippen LogP) is 0.142. The lowest BCUT2D eigenvalue weighted by Gasteiger charge is -2.35. The Bertz CT molecular complexity index is 663. The van der Waals surface area contributed by atoms with Gasteiger partial charge in [0.15, 0.2) is 0 Å². The van der Waals surface area contributed by atoms with E-state index in [0.29, 0.717) is 18.8 Å². The van der Waals surface area contributed by atoms with E-state index in [2.05, 4.69) is 4.98 Å². The Morgan fingerprint density at radius 1 is 1.45 bits per heavy atom. The van der Waals surface area contributed by atoms with Crippen LogP contribution in [0.15, 0.2) is 12.5 Å². The third-order valence-corrected chi connectivity index (χ3v) is 6.23. The number of fused-ring (bicyclic) bond motifs is 1. The van der Waals surface area contributed by atoms with Crippen molar-refractivity contribution in [2.45, 2.75) is 38.1 Å². The summed E-state index contributed by atoms with van der Waals surface area (Å²) >= 11 is 0. The van der Waals surface area contributed by atoms with E-state index in [0.717, 1.165) is 6.42 Å². The zero-order valence-electron chi connectivity index (χ0n) is 12.7. The topological polar surface area (TPSA) is 84.7 Å². The lowest BCUT2D eigenvalue weighted by Crippen LogP contribution is -2.48. The highest BCUT2D eigenvalue weighted by Gasteiger charge is 2.39. The molecule has 1 fully saturated rings. The van der Waals surface area contributed by atoms with E-state index in [1.54, 1.807) is 30.9 Å². The zero-order valence-corrected chi connectivity index (χ0v) is 13.5. The molecular weight excluding hydrogens is 308 g/mol. The SMILES string of the molecule is CC(C)S(=O)(=O)N1Cc2cncn2[C@@H](C(=O)N2CCCO2)C1. The van der Waals surface area contributed by atoms with Crippen molar-refractivity contribution < 1.29 is 18.0 Å². The van der Waals surface area contributed by atoms with Gasteiger partial charge in [-0.15, -0.1) is 0 Å². The number of hydrogen-bond acceptors (Lipinski definition) is 5. The molecule has 22 heavy (non-hydrogen) atoms. The van der Waals surface area contributed by atoms with Crippen molar-refractivity contribution in [3.8, 4) is 0 Å². The van der Waals surface area contributed by atoms with E-state index < -0.39 is 21.3 Å². The minimum atomic E-state index is -3.43. The van der Waals surface area contributed by atoms with Crippen LogP contribution in [0.25, 0.3) is 0 Å². The van der Waals surface area contributed by atoms with Crippen molar-refractivity contribution in [1.29, 1.82) is 0 Å². The molecule has 122 valence electrons. The van der Waals surface area contributed by atoms with Gasteiger partial charge in [-0.2, -0.15) is 4.31 Å². The Hall–Kier alpha value is -1.45. The van der Waals surface area contributed by atoms with Gasteiger partial charge in [-0.1, -0.05) is 0 Å². The second kappa shape index (κ2) is 5.64. The van der Waals surface area contributed by atoms with Gasteiger partial charge in [-0.3, -0.25) is 9.63 Å². The van der Waals surface area contributed by atoms with Crippen molar-refractivity contribution >= 4 is 15.9 Å². The molecule has 0 unspecified atom stereocenters. The Morgan fingerprint density at radius 3 is 2.86 bits per heavy atom. The molecule has 2 aliphatic heterocycles. The van der Waals surface area contributed by atoms with E-state index in [-0.39, 0.29) is 19.0 Å². The molecule has 1 saturated heterocycles. The van der Waals surface area contributed by atoms with E-state index in [4.69, 9.17) is 4.84 Å². The Balaban J connectivity index is 1.91. The summed E-state index contributed by atoms with van der Waals surface area (Å²) in [6.45, 7) is 4.69. The van der Waals surface area contributed by atoms with Crippen molar-refractivity contribution in [3.05, 3.63) is 18.2 Å². The minimum Gasteiger partial charge on any atom is -0.319 e. The van der Waals surface area contributed by atoms with Gasteiger partial charge in [0, 0.05) is 12.7 Å². The van der Waals surface area contributed by atoms with Crippen LogP contribution in [-0.2, 0) is 26.2 Å². The lowest BCUT2D eigenvalue weighted by atomic mass is 10.2. The maximum absolute atomic E-state index is 12.6. The minimum absolute atomic E-state index is 0.114. The zero-order chi connectivity index (χ0) is 15.9. The van der Waals surface area contributed by atoms with Gasteiger partial charge in [0.1, 0.15) is 6.04 Å². The Kier molecular flexibility index (Phi) is 3.96. The van der Waals surface area contributed by atoms with Gasteiger partial charge >= 0.3 is 0 Å². The summed E-state index contributed by atoms with van der Waals surface area (Å²) in [6, 6.07) is -0.627. The largest absolute Gasteiger partial charge is 0.319 e. The number of carbonyl (C=O) groups is 1. The molecule has 9 heteroatoms. The van der Waals surface area contributed by atoms with Gasteiger partial charge < -0.3 is 4.57 Å². The van der Waals surface area contributed by atoms with Crippen LogP contribution < -0.4 is 0 Å². The molecule has 0 N–H and O–H groups in total. The fraction of sp³-hybridized carbons (Fsp3) is 0.692. The summed E-state index contributed by atoms with van der Waals surface area (Å²) in [4.78, 5) is 22.0. The number of carbonyl (C=O) groups excluding carboxylic acids is 1. The van der Waals surface area contributed by atoms with E-state index in [9.17, 15) is 13.2 Å². The fourth-order valence-electron chi connectivity index (χ4n) is 2.74. The van der Waals surface area contributed by atoms with Crippen LogP contribution in [0.5, 0.6) is 0 Å². The first kappa shape index (κ1) is 15.4. The highest BCUT2D eigenvalue weighted by Crippen LogP contribution is 2.27. The van der Waals surface area contributed by atoms with Gasteiger partial charge in [0.25, 0.3) is 5.91 Å². The fourth-order valence-corrected chi connectivity index (χ4v) is 4.00. The number of nitrogens with zero attached hydrogens (tertiary/aromatic N) is 4. The molecule has 0 saturated carbocycles. The number of hydroxylamine groups is 2. The Morgan fingerprint density at radius 2 is 2.23 bits per heavy atom. The predicted molar refractivity (Wildman–Crippen MR) is 78.0 cm³/mol. The second-order valence-electron chi connectivity index (χ2n) is 5.82. The summed E-state index contributed by atoms with van der Waals surface area (Å²) in [5.41, 5.74) is 0.716. The third-order valence-electron chi connectivity index (χ3n) is 4.04. The molecule has 1 atom stereocenters. The molecule has 1 aromatic rings. The van der Waals surface area contributed by atoms with Crippen LogP contribution in [0.2, 0.25) is 0 Å². The van der Waals surface area contributed by atoms with Crippen LogP contribution >= 0.6 is 0 Å². The molecule has 0 aliphatic carbocycles. The normalized spacial score (nSPS) is 23.0. The van der Waals surface area contributed by atoms with Crippen LogP contribution in [-0.4, -0.2) is 58.2 Å². The number of aromatic nitrogens is 2. The summed E-state index contributed by atoms with van der Waals surface area (Å²) in [5.74, 6) is -0.222. The molecule has 3 rings (SSSR count). The standard InChI is InChI=1S/C13H20N4O4S/c1-10(2)22(19,20)15-7-11-6-14-9-16(11)12(8-15)13(18)17-4-3-5-21-17/h6,9-10,12H,3-5,7-8H2,1-2H3/t12-/m1/s1. The number of imidazole rings is 1. The molecule has 2 aliphatic rings. The van der Waals surface area contributed by atoms with Gasteiger partial charge in [0.2, 0.25) is 10.0 Å². The molecule has 0 bridgehead atoms. The molecule has 0 spiro atoms. The first-order chi connectivity index (χ1) is 10.4. The number of amides is 1. The number of sulfonamides is 1. The summed E-state index contributed by atoms with van der Waals surface area (Å²) in [7, 11) is -3.43. The molecule has 0 aromatic carbocycles. The molecule has 1 amide bonds. The third kappa shape index (κ3) is 2.53. The van der Waals surface area contributed by atoms with E-state index in [1.807, 2.05) is 0 Å². The molecular formula is C13H20N4O4S. The smallest absolute Gasteiger partial charge is 0.270 e. The quantitative estimate of drug-likeness (QED) is 0.788. The maximum atomic E-state index is 12.6. The van der Waals surface area contributed by atoms with Crippen LogP contribution in [0.4, 0.5) is 0 Å². The highest BCUT2D eigenvalue weighted by atomic mass is 32.2. The van der Waals surface area contributed by atoms with Crippen LogP contribution in [0.3, 0.4) is 0 Å². The average Bonchev–Trinajstić information content (AvgIpc) is 3.16. The summed E-state index contributed by atoms with van der Waals surface area (Å²) in [5, 5.41) is 0.806. The highest BCUT2D eigenvalue weighted by molar-refractivity contribution is 7.89. The van der Waals surface area contributed by atoms with Gasteiger partial charge in [0.05, 0.1) is 37.0 Å². The van der Waals surface area contributed by atoms with Crippen molar-refractivity contribution in [2.75, 3.05) is 19.7 Å². The van der Waals surface area contributed by atoms with Gasteiger partial charge in [-0.05, 0) is 20.3 Å². The maximum Gasteiger partial charge on any atom is 0.270 e.